The topological polar surface area (TPSA) is 95.5 Å². The summed E-state index contributed by atoms with van der Waals surface area (Å²) in [7, 11) is 0. The number of hydrogen-bond acceptors (Lipinski definition) is 4. The van der Waals surface area contributed by atoms with E-state index < -0.39 is 35.4 Å². The first-order valence-corrected chi connectivity index (χ1v) is 9.69. The molecule has 1 aromatic carbocycles. The van der Waals surface area contributed by atoms with E-state index in [-0.39, 0.29) is 23.1 Å². The molecule has 2 amide bonds. The van der Waals surface area contributed by atoms with E-state index in [1.165, 1.54) is 24.3 Å². The molecule has 2 bridgehead atoms. The second-order valence-electron chi connectivity index (χ2n) is 6.92. The number of amides is 2. The van der Waals surface area contributed by atoms with Crippen molar-refractivity contribution >= 4 is 39.8 Å². The van der Waals surface area contributed by atoms with Crippen molar-refractivity contribution in [3.05, 3.63) is 59.2 Å². The summed E-state index contributed by atoms with van der Waals surface area (Å²) in [6.07, 6.45) is 4.42. The number of fused-ring (bicyclic) bond motifs is 2. The predicted molar refractivity (Wildman–Crippen MR) is 103 cm³/mol. The third-order valence-corrected chi connectivity index (χ3v) is 6.15. The number of carbonyl (C=O) groups excluding carboxylic acids is 2. The number of aliphatic carboxylic acids is 1. The Morgan fingerprint density at radius 3 is 2.46 bits per heavy atom. The highest BCUT2D eigenvalue weighted by Gasteiger charge is 2.51. The fourth-order valence-corrected chi connectivity index (χ4v) is 4.84. The van der Waals surface area contributed by atoms with Crippen molar-refractivity contribution in [2.75, 3.05) is 10.6 Å². The zero-order valence-corrected chi connectivity index (χ0v) is 15.4. The number of rotatable bonds is 5. The number of carboxylic acid groups (broad SMARTS) is 1. The van der Waals surface area contributed by atoms with E-state index >= 15 is 0 Å². The maximum Gasteiger partial charge on any atom is 0.307 e. The minimum atomic E-state index is -0.985. The van der Waals surface area contributed by atoms with Gasteiger partial charge in [0.05, 0.1) is 23.1 Å². The normalized spacial score (nSPS) is 24.9. The summed E-state index contributed by atoms with van der Waals surface area (Å²) in [6.45, 7) is 0. The lowest BCUT2D eigenvalue weighted by atomic mass is 9.82. The Bertz CT molecular complexity index is 986. The van der Waals surface area contributed by atoms with E-state index in [1.807, 2.05) is 12.2 Å². The molecule has 1 fully saturated rings. The summed E-state index contributed by atoms with van der Waals surface area (Å²) < 4.78 is 13.8. The number of para-hydroxylation sites is 1. The zero-order chi connectivity index (χ0) is 19.8. The standard InChI is InChI=1S/C20H17FN2O4S/c21-13-3-1-2-4-14(13)22-17(24)12-7-8-28-19(12)23-18(25)15-10-5-6-11(9-10)16(15)20(26)27/h1-8,10-11,15-16H,9H2,(H,22,24)(H,23,25)(H,26,27)/t10-,11+,15-,16+/m1/s1. The fraction of sp³-hybridized carbons (Fsp3) is 0.250. The molecular formula is C20H17FN2O4S. The van der Waals surface area contributed by atoms with Gasteiger partial charge in [0.15, 0.2) is 0 Å². The van der Waals surface area contributed by atoms with Crippen molar-refractivity contribution in [3.8, 4) is 0 Å². The maximum absolute atomic E-state index is 13.8. The van der Waals surface area contributed by atoms with Crippen molar-refractivity contribution in [2.45, 2.75) is 6.42 Å². The van der Waals surface area contributed by atoms with Gasteiger partial charge >= 0.3 is 5.97 Å². The molecule has 6 nitrogen and oxygen atoms in total. The predicted octanol–water partition coefficient (Wildman–Crippen LogP) is 3.60. The summed E-state index contributed by atoms with van der Waals surface area (Å²) in [5.41, 5.74) is 0.243. The average Bonchev–Trinajstić information content (AvgIpc) is 3.38. The molecule has 2 aliphatic rings. The average molecular weight is 400 g/mol. The first-order valence-electron chi connectivity index (χ1n) is 8.81. The summed E-state index contributed by atoms with van der Waals surface area (Å²) in [6, 6.07) is 7.33. The molecule has 3 N–H and O–H groups in total. The van der Waals surface area contributed by atoms with Gasteiger partial charge in [-0.3, -0.25) is 14.4 Å². The van der Waals surface area contributed by atoms with Crippen molar-refractivity contribution in [1.82, 2.24) is 0 Å². The molecule has 1 saturated carbocycles. The summed E-state index contributed by atoms with van der Waals surface area (Å²) in [5, 5.41) is 16.7. The molecular weight excluding hydrogens is 383 g/mol. The van der Waals surface area contributed by atoms with Gasteiger partial charge in [0.1, 0.15) is 10.8 Å². The lowest BCUT2D eigenvalue weighted by molar-refractivity contribution is -0.146. The number of anilines is 2. The Balaban J connectivity index is 1.51. The van der Waals surface area contributed by atoms with Crippen LogP contribution in [0.4, 0.5) is 15.1 Å². The molecule has 0 unspecified atom stereocenters. The number of carbonyl (C=O) groups is 3. The van der Waals surface area contributed by atoms with E-state index in [0.29, 0.717) is 11.4 Å². The molecule has 2 aromatic rings. The Kier molecular flexibility index (Phi) is 4.72. The van der Waals surface area contributed by atoms with Crippen LogP contribution in [0.3, 0.4) is 0 Å². The minimum Gasteiger partial charge on any atom is -0.481 e. The van der Waals surface area contributed by atoms with Crippen LogP contribution in [0.25, 0.3) is 0 Å². The Hall–Kier alpha value is -3.00. The van der Waals surface area contributed by atoms with Gasteiger partial charge in [0.25, 0.3) is 5.91 Å². The van der Waals surface area contributed by atoms with Crippen LogP contribution >= 0.6 is 11.3 Å². The maximum atomic E-state index is 13.8. The van der Waals surface area contributed by atoms with Crippen molar-refractivity contribution < 1.29 is 23.9 Å². The Morgan fingerprint density at radius 2 is 1.75 bits per heavy atom. The Morgan fingerprint density at radius 1 is 1.04 bits per heavy atom. The van der Waals surface area contributed by atoms with Gasteiger partial charge in [0, 0.05) is 0 Å². The third kappa shape index (κ3) is 3.20. The highest BCUT2D eigenvalue weighted by atomic mass is 32.1. The molecule has 4 atom stereocenters. The SMILES string of the molecule is O=C(Nc1ccccc1F)c1ccsc1NC(=O)[C@H]1[C@@H](C(=O)O)[C@H]2C=C[C@@H]1C2. The first-order chi connectivity index (χ1) is 13.5. The number of nitrogens with one attached hydrogen (secondary N) is 2. The van der Waals surface area contributed by atoms with Crippen molar-refractivity contribution in [3.63, 3.8) is 0 Å². The number of hydrogen-bond donors (Lipinski definition) is 3. The highest BCUT2D eigenvalue weighted by Crippen LogP contribution is 2.48. The Labute approximate surface area is 164 Å². The van der Waals surface area contributed by atoms with E-state index in [1.54, 1.807) is 11.4 Å². The van der Waals surface area contributed by atoms with E-state index in [0.717, 1.165) is 11.3 Å². The number of benzene rings is 1. The summed E-state index contributed by atoms with van der Waals surface area (Å²) >= 11 is 1.16. The van der Waals surface area contributed by atoms with Crippen LogP contribution in [0.15, 0.2) is 47.9 Å². The van der Waals surface area contributed by atoms with Crippen molar-refractivity contribution in [1.29, 1.82) is 0 Å². The lowest BCUT2D eigenvalue weighted by Gasteiger charge is -2.23. The van der Waals surface area contributed by atoms with Gasteiger partial charge < -0.3 is 15.7 Å². The summed E-state index contributed by atoms with van der Waals surface area (Å²) in [4.78, 5) is 36.9. The molecule has 0 spiro atoms. The molecule has 144 valence electrons. The number of thiophene rings is 1. The molecule has 0 saturated heterocycles. The molecule has 8 heteroatoms. The summed E-state index contributed by atoms with van der Waals surface area (Å²) in [5.74, 6) is -4.18. The van der Waals surface area contributed by atoms with Gasteiger partial charge in [-0.1, -0.05) is 24.3 Å². The lowest BCUT2D eigenvalue weighted by Crippen LogP contribution is -2.36. The molecule has 2 aliphatic carbocycles. The number of allylic oxidation sites excluding steroid dienone is 2. The molecule has 1 heterocycles. The van der Waals surface area contributed by atoms with Gasteiger partial charge in [0.2, 0.25) is 5.91 Å². The van der Waals surface area contributed by atoms with Gasteiger partial charge in [-0.2, -0.15) is 0 Å². The highest BCUT2D eigenvalue weighted by molar-refractivity contribution is 7.14. The largest absolute Gasteiger partial charge is 0.481 e. The molecule has 0 radical (unpaired) electrons. The smallest absolute Gasteiger partial charge is 0.307 e. The zero-order valence-electron chi connectivity index (χ0n) is 14.6. The van der Waals surface area contributed by atoms with Gasteiger partial charge in [-0.15, -0.1) is 11.3 Å². The molecule has 28 heavy (non-hydrogen) atoms. The van der Waals surface area contributed by atoms with Crippen LogP contribution in [0.5, 0.6) is 0 Å². The van der Waals surface area contributed by atoms with Gasteiger partial charge in [-0.05, 0) is 41.8 Å². The van der Waals surface area contributed by atoms with Crippen LogP contribution in [-0.2, 0) is 9.59 Å². The first kappa shape index (κ1) is 18.4. The molecule has 4 rings (SSSR count). The van der Waals surface area contributed by atoms with Crippen LogP contribution in [0.2, 0.25) is 0 Å². The second-order valence-corrected chi connectivity index (χ2v) is 7.84. The van der Waals surface area contributed by atoms with Crippen LogP contribution in [-0.4, -0.2) is 22.9 Å². The van der Waals surface area contributed by atoms with Gasteiger partial charge in [-0.25, -0.2) is 4.39 Å². The van der Waals surface area contributed by atoms with E-state index in [4.69, 9.17) is 0 Å². The van der Waals surface area contributed by atoms with Crippen LogP contribution < -0.4 is 10.6 Å². The third-order valence-electron chi connectivity index (χ3n) is 5.32. The quantitative estimate of drug-likeness (QED) is 0.668. The van der Waals surface area contributed by atoms with E-state index in [9.17, 15) is 23.9 Å². The van der Waals surface area contributed by atoms with Crippen LogP contribution in [0, 0.1) is 29.5 Å². The molecule has 0 aliphatic heterocycles. The second kappa shape index (κ2) is 7.20. The van der Waals surface area contributed by atoms with Crippen LogP contribution in [0.1, 0.15) is 16.8 Å². The van der Waals surface area contributed by atoms with Crippen molar-refractivity contribution in [2.24, 2.45) is 23.7 Å². The number of halogens is 1. The monoisotopic (exact) mass is 400 g/mol. The minimum absolute atomic E-state index is 0.0418. The van der Waals surface area contributed by atoms with E-state index in [2.05, 4.69) is 10.6 Å². The molecule has 1 aromatic heterocycles. The number of carboxylic acids is 1. The fourth-order valence-electron chi connectivity index (χ4n) is 4.05.